The standard InChI is InChI=1S/C10H22N2O3/c1-2-3-5-8(15-10(12)14)6-4-7-9(11)13/h8-9,13H,2-7,11H2,1H3,(H2,12,14). The van der Waals surface area contributed by atoms with E-state index >= 15 is 0 Å². The summed E-state index contributed by atoms with van der Waals surface area (Å²) in [5, 5.41) is 8.87. The molecule has 0 aromatic heterocycles. The average molecular weight is 218 g/mol. The molecule has 0 aromatic carbocycles. The van der Waals surface area contributed by atoms with Gasteiger partial charge in [0.25, 0.3) is 0 Å². The number of carbonyl (C=O) groups is 1. The Kier molecular flexibility index (Phi) is 8.04. The first-order valence-corrected chi connectivity index (χ1v) is 5.46. The predicted octanol–water partition coefficient (Wildman–Crippen LogP) is 1.09. The van der Waals surface area contributed by atoms with E-state index < -0.39 is 12.3 Å². The molecule has 0 spiro atoms. The van der Waals surface area contributed by atoms with Gasteiger partial charge in [-0.2, -0.15) is 0 Å². The van der Waals surface area contributed by atoms with Crippen LogP contribution in [-0.2, 0) is 4.74 Å². The number of aliphatic hydroxyl groups is 1. The fraction of sp³-hybridized carbons (Fsp3) is 0.900. The van der Waals surface area contributed by atoms with Gasteiger partial charge in [-0.25, -0.2) is 4.79 Å². The summed E-state index contributed by atoms with van der Waals surface area (Å²) in [4.78, 5) is 10.6. The molecule has 5 heteroatoms. The molecule has 2 unspecified atom stereocenters. The Morgan fingerprint density at radius 3 is 2.40 bits per heavy atom. The molecule has 0 saturated heterocycles. The van der Waals surface area contributed by atoms with Crippen LogP contribution in [0.4, 0.5) is 4.79 Å². The van der Waals surface area contributed by atoms with Crippen LogP contribution in [0.2, 0.25) is 0 Å². The Bertz CT molecular complexity index is 174. The van der Waals surface area contributed by atoms with Gasteiger partial charge >= 0.3 is 6.09 Å². The summed E-state index contributed by atoms with van der Waals surface area (Å²) < 4.78 is 4.95. The largest absolute Gasteiger partial charge is 0.446 e. The number of rotatable bonds is 8. The van der Waals surface area contributed by atoms with Gasteiger partial charge in [-0.3, -0.25) is 0 Å². The van der Waals surface area contributed by atoms with E-state index in [4.69, 9.17) is 21.3 Å². The fourth-order valence-electron chi connectivity index (χ4n) is 1.41. The minimum atomic E-state index is -0.787. The summed E-state index contributed by atoms with van der Waals surface area (Å²) in [6.45, 7) is 2.07. The molecule has 0 aliphatic rings. The minimum Gasteiger partial charge on any atom is -0.446 e. The SMILES string of the molecule is CCCCC(CCCC(N)O)OC(N)=O. The van der Waals surface area contributed by atoms with Gasteiger partial charge in [0.2, 0.25) is 0 Å². The van der Waals surface area contributed by atoms with Crippen LogP contribution in [0.1, 0.15) is 45.4 Å². The van der Waals surface area contributed by atoms with Gasteiger partial charge in [0.05, 0.1) is 0 Å². The number of carbonyl (C=O) groups excluding carboxylic acids is 1. The quantitative estimate of drug-likeness (QED) is 0.531. The van der Waals surface area contributed by atoms with Gasteiger partial charge in [0, 0.05) is 0 Å². The van der Waals surface area contributed by atoms with Gasteiger partial charge in [0.1, 0.15) is 12.3 Å². The van der Waals surface area contributed by atoms with E-state index in [1.165, 1.54) is 0 Å². The molecule has 15 heavy (non-hydrogen) atoms. The summed E-state index contributed by atoms with van der Waals surface area (Å²) in [6, 6.07) is 0. The lowest BCUT2D eigenvalue weighted by molar-refractivity contribution is 0.0882. The van der Waals surface area contributed by atoms with Crippen LogP contribution in [0, 0.1) is 0 Å². The third-order valence-corrected chi connectivity index (χ3v) is 2.19. The van der Waals surface area contributed by atoms with Gasteiger partial charge in [-0.1, -0.05) is 19.8 Å². The molecule has 5 nitrogen and oxygen atoms in total. The van der Waals surface area contributed by atoms with Gasteiger partial charge in [-0.15, -0.1) is 0 Å². The maximum absolute atomic E-state index is 10.6. The lowest BCUT2D eigenvalue weighted by Gasteiger charge is -2.16. The fourth-order valence-corrected chi connectivity index (χ4v) is 1.41. The van der Waals surface area contributed by atoms with Crippen molar-refractivity contribution in [1.29, 1.82) is 0 Å². The van der Waals surface area contributed by atoms with E-state index in [1.54, 1.807) is 0 Å². The summed E-state index contributed by atoms with van der Waals surface area (Å²) in [7, 11) is 0. The second kappa shape index (κ2) is 8.49. The lowest BCUT2D eigenvalue weighted by atomic mass is 10.1. The number of ether oxygens (including phenoxy) is 1. The highest BCUT2D eigenvalue weighted by Crippen LogP contribution is 2.12. The molecule has 0 heterocycles. The second-order valence-corrected chi connectivity index (χ2v) is 3.70. The van der Waals surface area contributed by atoms with Crippen molar-refractivity contribution in [3.63, 3.8) is 0 Å². The highest BCUT2D eigenvalue weighted by molar-refractivity contribution is 5.64. The van der Waals surface area contributed by atoms with E-state index in [-0.39, 0.29) is 6.10 Å². The Morgan fingerprint density at radius 1 is 1.33 bits per heavy atom. The van der Waals surface area contributed by atoms with Gasteiger partial charge < -0.3 is 21.3 Å². The Hall–Kier alpha value is -0.810. The minimum absolute atomic E-state index is 0.138. The third kappa shape index (κ3) is 9.49. The number of nitrogens with two attached hydrogens (primary N) is 2. The Balaban J connectivity index is 3.73. The van der Waals surface area contributed by atoms with Crippen LogP contribution in [0.3, 0.4) is 0 Å². The molecule has 0 aromatic rings. The van der Waals surface area contributed by atoms with Crippen LogP contribution in [0.15, 0.2) is 0 Å². The first-order valence-electron chi connectivity index (χ1n) is 5.46. The van der Waals surface area contributed by atoms with Gasteiger partial charge in [-0.05, 0) is 25.7 Å². The summed E-state index contributed by atoms with van der Waals surface area (Å²) >= 11 is 0. The van der Waals surface area contributed by atoms with E-state index in [0.717, 1.165) is 25.7 Å². The molecule has 2 atom stereocenters. The molecule has 90 valence electrons. The maximum Gasteiger partial charge on any atom is 0.404 e. The molecule has 0 rings (SSSR count). The highest BCUT2D eigenvalue weighted by Gasteiger charge is 2.12. The van der Waals surface area contributed by atoms with Crippen molar-refractivity contribution >= 4 is 6.09 Å². The smallest absolute Gasteiger partial charge is 0.404 e. The van der Waals surface area contributed by atoms with Gasteiger partial charge in [0.15, 0.2) is 0 Å². The van der Waals surface area contributed by atoms with Crippen molar-refractivity contribution in [2.45, 2.75) is 57.8 Å². The van der Waals surface area contributed by atoms with E-state index in [2.05, 4.69) is 6.92 Å². The number of unbranched alkanes of at least 4 members (excludes halogenated alkanes) is 1. The predicted molar refractivity (Wildman–Crippen MR) is 58.0 cm³/mol. The first-order chi connectivity index (χ1) is 7.06. The van der Waals surface area contributed by atoms with E-state index in [1.807, 2.05) is 0 Å². The molecule has 1 amide bonds. The monoisotopic (exact) mass is 218 g/mol. The summed E-state index contributed by atoms with van der Waals surface area (Å²) in [5.41, 5.74) is 10.2. The first kappa shape index (κ1) is 14.2. The molecular formula is C10H22N2O3. The van der Waals surface area contributed by atoms with Crippen LogP contribution in [-0.4, -0.2) is 23.5 Å². The van der Waals surface area contributed by atoms with E-state index in [9.17, 15) is 4.79 Å². The van der Waals surface area contributed by atoms with Crippen molar-refractivity contribution in [2.75, 3.05) is 0 Å². The maximum atomic E-state index is 10.6. The van der Waals surface area contributed by atoms with Crippen LogP contribution < -0.4 is 11.5 Å². The third-order valence-electron chi connectivity index (χ3n) is 2.19. The summed E-state index contributed by atoms with van der Waals surface area (Å²) in [6.07, 6.45) is 3.18. The van der Waals surface area contributed by atoms with Crippen molar-refractivity contribution in [3.05, 3.63) is 0 Å². The van der Waals surface area contributed by atoms with Crippen molar-refractivity contribution in [2.24, 2.45) is 11.5 Å². The molecule has 0 saturated carbocycles. The van der Waals surface area contributed by atoms with Crippen molar-refractivity contribution < 1.29 is 14.6 Å². The molecule has 0 bridgehead atoms. The van der Waals surface area contributed by atoms with Crippen molar-refractivity contribution in [3.8, 4) is 0 Å². The van der Waals surface area contributed by atoms with Crippen LogP contribution in [0.25, 0.3) is 0 Å². The van der Waals surface area contributed by atoms with Crippen LogP contribution >= 0.6 is 0 Å². The number of primary amides is 1. The second-order valence-electron chi connectivity index (χ2n) is 3.70. The average Bonchev–Trinajstić information content (AvgIpc) is 2.12. The van der Waals surface area contributed by atoms with Crippen molar-refractivity contribution in [1.82, 2.24) is 0 Å². The number of amides is 1. The van der Waals surface area contributed by atoms with E-state index in [0.29, 0.717) is 12.8 Å². The topological polar surface area (TPSA) is 98.6 Å². The molecule has 0 fully saturated rings. The lowest BCUT2D eigenvalue weighted by Crippen LogP contribution is -2.24. The normalized spacial score (nSPS) is 14.6. The Labute approximate surface area is 90.8 Å². The summed E-state index contributed by atoms with van der Waals surface area (Å²) in [5.74, 6) is 0. The molecule has 0 aliphatic heterocycles. The molecule has 5 N–H and O–H groups in total. The van der Waals surface area contributed by atoms with Crippen LogP contribution in [0.5, 0.6) is 0 Å². The zero-order chi connectivity index (χ0) is 11.7. The highest BCUT2D eigenvalue weighted by atomic mass is 16.6. The zero-order valence-electron chi connectivity index (χ0n) is 9.32. The number of aliphatic hydroxyl groups excluding tert-OH is 1. The number of hydrogen-bond acceptors (Lipinski definition) is 4. The molecule has 0 aliphatic carbocycles. The molecule has 0 radical (unpaired) electrons. The zero-order valence-corrected chi connectivity index (χ0v) is 9.32. The molecular weight excluding hydrogens is 196 g/mol. The Morgan fingerprint density at radius 2 is 1.93 bits per heavy atom. The number of hydrogen-bond donors (Lipinski definition) is 3.